The number of halogens is 1. The van der Waals surface area contributed by atoms with E-state index in [1.807, 2.05) is 0 Å². The Balaban J connectivity index is 1.84. The fourth-order valence-corrected chi connectivity index (χ4v) is 2.93. The van der Waals surface area contributed by atoms with Crippen LogP contribution in [0, 0.1) is 5.13 Å². The van der Waals surface area contributed by atoms with Gasteiger partial charge in [0.1, 0.15) is 5.69 Å². The highest BCUT2D eigenvalue weighted by atomic mass is 32.1. The molecule has 124 valence electrons. The average molecular weight is 348 g/mol. The minimum absolute atomic E-state index is 0.123. The van der Waals surface area contributed by atoms with Gasteiger partial charge in [0, 0.05) is 12.7 Å². The van der Waals surface area contributed by atoms with E-state index in [1.54, 1.807) is 18.2 Å². The molecule has 2 aromatic rings. The summed E-state index contributed by atoms with van der Waals surface area (Å²) >= 11 is 0.703. The maximum absolute atomic E-state index is 13.3. The van der Waals surface area contributed by atoms with Crippen LogP contribution < -0.4 is 4.90 Å². The molecule has 0 aromatic carbocycles. The lowest BCUT2D eigenvalue weighted by Gasteiger charge is -2.19. The number of urea groups is 1. The number of pyridine rings is 1. The van der Waals surface area contributed by atoms with Gasteiger partial charge in [-0.15, -0.1) is 6.58 Å². The summed E-state index contributed by atoms with van der Waals surface area (Å²) in [5, 5.41) is -0.405. The summed E-state index contributed by atoms with van der Waals surface area (Å²) in [6.45, 7) is 4.00. The number of hydrogen-bond donors (Lipinski definition) is 0. The highest BCUT2D eigenvalue weighted by Crippen LogP contribution is 2.29. The van der Waals surface area contributed by atoms with Crippen molar-refractivity contribution >= 4 is 28.5 Å². The van der Waals surface area contributed by atoms with Crippen LogP contribution in [-0.2, 0) is 4.74 Å². The molecule has 1 atom stereocenters. The van der Waals surface area contributed by atoms with E-state index in [4.69, 9.17) is 4.74 Å². The summed E-state index contributed by atoms with van der Waals surface area (Å²) in [7, 11) is 0. The largest absolute Gasteiger partial charge is 0.434 e. The monoisotopic (exact) mass is 348 g/mol. The van der Waals surface area contributed by atoms with Crippen molar-refractivity contribution in [3.8, 4) is 0 Å². The Bertz CT molecular complexity index is 767. The quantitative estimate of drug-likeness (QED) is 0.612. The normalized spacial score (nSPS) is 17.2. The number of nitrogens with zero attached hydrogens (tertiary/aromatic N) is 4. The molecule has 9 heteroatoms. The molecule has 0 spiro atoms. The lowest BCUT2D eigenvalue weighted by Crippen LogP contribution is -2.37. The fourth-order valence-electron chi connectivity index (χ4n) is 2.25. The molecule has 1 aliphatic rings. The van der Waals surface area contributed by atoms with E-state index in [-0.39, 0.29) is 23.9 Å². The van der Waals surface area contributed by atoms with Gasteiger partial charge in [0.25, 0.3) is 0 Å². The highest BCUT2D eigenvalue weighted by Gasteiger charge is 2.42. The summed E-state index contributed by atoms with van der Waals surface area (Å²) in [6.07, 6.45) is 3.12. The predicted octanol–water partition coefficient (Wildman–Crippen LogP) is 2.29. The van der Waals surface area contributed by atoms with E-state index in [9.17, 15) is 14.0 Å². The third-order valence-corrected chi connectivity index (χ3v) is 4.06. The summed E-state index contributed by atoms with van der Waals surface area (Å²) in [5.74, 6) is -0.670. The Hall–Kier alpha value is -2.81. The molecule has 0 aliphatic carbocycles. The first-order chi connectivity index (χ1) is 11.6. The maximum Gasteiger partial charge on any atom is 0.358 e. The van der Waals surface area contributed by atoms with Crippen molar-refractivity contribution in [3.05, 3.63) is 54.1 Å². The topological polar surface area (TPSA) is 75.6 Å². The Morgan fingerprint density at radius 2 is 2.33 bits per heavy atom. The van der Waals surface area contributed by atoms with E-state index in [1.165, 1.54) is 17.2 Å². The molecule has 1 fully saturated rings. The zero-order chi connectivity index (χ0) is 17.1. The summed E-state index contributed by atoms with van der Waals surface area (Å²) in [5.41, 5.74) is 0.123. The number of hydrogen-bond acceptors (Lipinski definition) is 6. The lowest BCUT2D eigenvalue weighted by atomic mass is 10.3. The van der Waals surface area contributed by atoms with Crippen LogP contribution in [0.25, 0.3) is 0 Å². The van der Waals surface area contributed by atoms with Gasteiger partial charge < -0.3 is 9.64 Å². The van der Waals surface area contributed by atoms with E-state index in [0.717, 1.165) is 11.1 Å². The summed E-state index contributed by atoms with van der Waals surface area (Å²) in [6, 6.07) is 4.41. The first kappa shape index (κ1) is 16.1. The number of anilines is 1. The Kier molecular flexibility index (Phi) is 4.52. The van der Waals surface area contributed by atoms with Gasteiger partial charge in [-0.3, -0.25) is 0 Å². The van der Waals surface area contributed by atoms with Crippen LogP contribution in [0.3, 0.4) is 0 Å². The van der Waals surface area contributed by atoms with Crippen molar-refractivity contribution in [1.29, 1.82) is 0 Å². The molecule has 3 heterocycles. The number of esters is 1. The van der Waals surface area contributed by atoms with Crippen LogP contribution in [-0.4, -0.2) is 46.2 Å². The molecule has 0 N–H and O–H groups in total. The Labute approximate surface area is 141 Å². The number of ether oxygens (including phenoxy) is 1. The molecule has 3 rings (SSSR count). The van der Waals surface area contributed by atoms with Crippen LogP contribution in [0.15, 0.2) is 43.2 Å². The van der Waals surface area contributed by atoms with Crippen molar-refractivity contribution in [2.45, 2.75) is 6.23 Å². The average Bonchev–Trinajstić information content (AvgIpc) is 3.12. The van der Waals surface area contributed by atoms with Crippen LogP contribution >= 0.6 is 11.3 Å². The van der Waals surface area contributed by atoms with E-state index < -0.39 is 23.4 Å². The van der Waals surface area contributed by atoms with E-state index in [0.29, 0.717) is 11.3 Å². The number of rotatable bonds is 5. The third kappa shape index (κ3) is 3.11. The van der Waals surface area contributed by atoms with Crippen LogP contribution in [0.2, 0.25) is 0 Å². The van der Waals surface area contributed by atoms with Crippen LogP contribution in [0.5, 0.6) is 0 Å². The van der Waals surface area contributed by atoms with Gasteiger partial charge in [-0.1, -0.05) is 23.5 Å². The molecule has 7 nitrogen and oxygen atoms in total. The van der Waals surface area contributed by atoms with Crippen LogP contribution in [0.4, 0.5) is 14.3 Å². The minimum Gasteiger partial charge on any atom is -0.434 e. The number of carbonyl (C=O) groups is 2. The van der Waals surface area contributed by atoms with Gasteiger partial charge in [-0.05, 0) is 12.1 Å². The summed E-state index contributed by atoms with van der Waals surface area (Å²) < 4.78 is 18.7. The van der Waals surface area contributed by atoms with Crippen molar-refractivity contribution in [2.75, 3.05) is 18.0 Å². The Morgan fingerprint density at radius 1 is 1.50 bits per heavy atom. The first-order valence-corrected chi connectivity index (χ1v) is 7.84. The number of carbonyl (C=O) groups excluding carboxylic acids is 2. The van der Waals surface area contributed by atoms with Crippen molar-refractivity contribution < 1.29 is 18.7 Å². The number of aromatic nitrogens is 2. The number of thiazole rings is 1. The molecule has 0 saturated carbocycles. The lowest BCUT2D eigenvalue weighted by molar-refractivity contribution is 0.0321. The molecular weight excluding hydrogens is 335 g/mol. The van der Waals surface area contributed by atoms with Gasteiger partial charge in [-0.2, -0.15) is 4.39 Å². The second-order valence-corrected chi connectivity index (χ2v) is 5.83. The van der Waals surface area contributed by atoms with Crippen molar-refractivity contribution in [2.24, 2.45) is 0 Å². The first-order valence-electron chi connectivity index (χ1n) is 7.02. The third-order valence-electron chi connectivity index (χ3n) is 3.28. The molecule has 1 unspecified atom stereocenters. The highest BCUT2D eigenvalue weighted by molar-refractivity contribution is 7.14. The maximum atomic E-state index is 13.3. The standard InChI is InChI=1S/C15H13FN4O3S/c1-2-7-19-9-12(23-13(21)10-5-3-4-6-17-10)20(15(19)22)14-18-8-11(16)24-14/h2-6,8,12H,1,7,9H2. The predicted molar refractivity (Wildman–Crippen MR) is 85.2 cm³/mol. The van der Waals surface area contributed by atoms with Gasteiger partial charge in [0.15, 0.2) is 10.3 Å². The zero-order valence-electron chi connectivity index (χ0n) is 12.5. The zero-order valence-corrected chi connectivity index (χ0v) is 13.3. The van der Waals surface area contributed by atoms with Crippen molar-refractivity contribution in [3.63, 3.8) is 0 Å². The van der Waals surface area contributed by atoms with Crippen molar-refractivity contribution in [1.82, 2.24) is 14.9 Å². The molecule has 2 aromatic heterocycles. The molecule has 1 aliphatic heterocycles. The smallest absolute Gasteiger partial charge is 0.358 e. The van der Waals surface area contributed by atoms with E-state index in [2.05, 4.69) is 16.5 Å². The fraction of sp³-hybridized carbons (Fsp3) is 0.200. The van der Waals surface area contributed by atoms with Crippen LogP contribution in [0.1, 0.15) is 10.5 Å². The van der Waals surface area contributed by atoms with Gasteiger partial charge in [-0.25, -0.2) is 24.5 Å². The second kappa shape index (κ2) is 6.75. The summed E-state index contributed by atoms with van der Waals surface area (Å²) in [4.78, 5) is 35.1. The molecule has 2 amide bonds. The second-order valence-electron chi connectivity index (χ2n) is 4.87. The SMILES string of the molecule is C=CCN1CC(OC(=O)c2ccccn2)N(c2ncc(F)s2)C1=O. The molecule has 1 saturated heterocycles. The Morgan fingerprint density at radius 3 is 2.96 bits per heavy atom. The van der Waals surface area contributed by atoms with Gasteiger partial charge >= 0.3 is 12.0 Å². The van der Waals surface area contributed by atoms with Gasteiger partial charge in [0.05, 0.1) is 12.7 Å². The minimum atomic E-state index is -0.919. The van der Waals surface area contributed by atoms with Gasteiger partial charge in [0.2, 0.25) is 6.23 Å². The molecule has 0 bridgehead atoms. The molecular formula is C15H13FN4O3S. The molecule has 24 heavy (non-hydrogen) atoms. The van der Waals surface area contributed by atoms with E-state index >= 15 is 0 Å². The molecule has 0 radical (unpaired) electrons. The number of amides is 2.